The Morgan fingerprint density at radius 1 is 0.906 bits per heavy atom. The van der Waals surface area contributed by atoms with Gasteiger partial charge in [-0.25, -0.2) is 19.7 Å². The predicted molar refractivity (Wildman–Crippen MR) is 204 cm³/mol. The first-order valence-corrected chi connectivity index (χ1v) is 18.8. The highest BCUT2D eigenvalue weighted by molar-refractivity contribution is 5.84. The van der Waals surface area contributed by atoms with Crippen molar-refractivity contribution >= 4 is 28.9 Å². The van der Waals surface area contributed by atoms with Gasteiger partial charge in [0.15, 0.2) is 35.1 Å². The number of carbonyl (C=O) groups is 2. The molecule has 2 aromatic carbocycles. The number of nitrogens with one attached hydrogen (secondary N) is 4. The van der Waals surface area contributed by atoms with E-state index in [2.05, 4.69) is 83.1 Å². The summed E-state index contributed by atoms with van der Waals surface area (Å²) in [5.41, 5.74) is 2.93. The first-order chi connectivity index (χ1) is 25.6. The zero-order chi connectivity index (χ0) is 37.9. The van der Waals surface area contributed by atoms with Gasteiger partial charge < -0.3 is 36.2 Å². The molecule has 0 aliphatic carbocycles. The standard InChI is InChI=1S/C39H55N9O5/c1-6-28(7-2)47(23-25(4)5)20-19-41-39(52)43-22-30-45-35(42-21-29(26-15-11-9-12-16-26)27-17-13-10-14-18-27)31-36(46-30)48(24-44-31)38-33(50)32(49)34(53-38)37(51)40-8-3/h9-18,24-25,28-29,32-34,38,49-50H,6-8,19-23H2,1-5H3,(H,40,51)(H2,41,43,52)(H,42,45,46)/t32-,33+,34-,38+/m0/s1. The number of amides is 3. The van der Waals surface area contributed by atoms with Gasteiger partial charge in [-0.05, 0) is 36.8 Å². The van der Waals surface area contributed by atoms with Crippen LogP contribution in [0.3, 0.4) is 0 Å². The van der Waals surface area contributed by atoms with Crippen LogP contribution in [0.4, 0.5) is 10.6 Å². The maximum absolute atomic E-state index is 13.0. The number of aliphatic hydroxyl groups excluding tert-OH is 2. The van der Waals surface area contributed by atoms with Gasteiger partial charge in [0.05, 0.1) is 12.9 Å². The van der Waals surface area contributed by atoms with Gasteiger partial charge in [0.2, 0.25) is 0 Å². The third-order valence-corrected chi connectivity index (χ3v) is 9.62. The monoisotopic (exact) mass is 729 g/mol. The summed E-state index contributed by atoms with van der Waals surface area (Å²) in [6.45, 7) is 13.5. The highest BCUT2D eigenvalue weighted by atomic mass is 16.6. The summed E-state index contributed by atoms with van der Waals surface area (Å²) < 4.78 is 7.40. The molecule has 2 aromatic heterocycles. The summed E-state index contributed by atoms with van der Waals surface area (Å²) in [5, 5.41) is 33.8. The molecule has 1 aliphatic heterocycles. The molecule has 3 amide bonds. The number of likely N-dealkylation sites (N-methyl/N-ethyl adjacent to an activating group) is 1. The highest BCUT2D eigenvalue weighted by Gasteiger charge is 2.47. The zero-order valence-electron chi connectivity index (χ0n) is 31.4. The molecule has 286 valence electrons. The lowest BCUT2D eigenvalue weighted by Crippen LogP contribution is -2.44. The third-order valence-electron chi connectivity index (χ3n) is 9.62. The Kier molecular flexibility index (Phi) is 14.1. The first kappa shape index (κ1) is 39.6. The molecule has 0 saturated carbocycles. The molecule has 1 fully saturated rings. The molecule has 3 heterocycles. The van der Waals surface area contributed by atoms with Crippen LogP contribution in [-0.4, -0.2) is 104 Å². The van der Waals surface area contributed by atoms with Crippen LogP contribution in [0.25, 0.3) is 11.2 Å². The molecule has 1 aliphatic rings. The number of rotatable bonds is 18. The second-order valence-electron chi connectivity index (χ2n) is 13.9. The van der Waals surface area contributed by atoms with Crippen molar-refractivity contribution in [2.45, 2.75) is 90.5 Å². The van der Waals surface area contributed by atoms with E-state index in [0.29, 0.717) is 54.4 Å². The number of aromatic nitrogens is 4. The Balaban J connectivity index is 1.39. The van der Waals surface area contributed by atoms with Gasteiger partial charge in [0.1, 0.15) is 12.2 Å². The normalized spacial score (nSPS) is 18.7. The fourth-order valence-electron chi connectivity index (χ4n) is 6.96. The second-order valence-corrected chi connectivity index (χ2v) is 13.9. The van der Waals surface area contributed by atoms with Crippen molar-refractivity contribution < 1.29 is 24.5 Å². The lowest BCUT2D eigenvalue weighted by molar-refractivity contribution is -0.137. The largest absolute Gasteiger partial charge is 0.387 e. The van der Waals surface area contributed by atoms with E-state index in [9.17, 15) is 19.8 Å². The highest BCUT2D eigenvalue weighted by Crippen LogP contribution is 2.33. The number of aliphatic hydroxyl groups is 2. The van der Waals surface area contributed by atoms with Crippen LogP contribution in [0.1, 0.15) is 76.6 Å². The summed E-state index contributed by atoms with van der Waals surface area (Å²) in [4.78, 5) is 42.2. The van der Waals surface area contributed by atoms with Crippen LogP contribution in [-0.2, 0) is 16.1 Å². The Hall–Kier alpha value is -4.63. The molecule has 5 rings (SSSR count). The Bertz CT molecular complexity index is 1710. The van der Waals surface area contributed by atoms with Crippen LogP contribution in [0, 0.1) is 5.92 Å². The number of hydrogen-bond acceptors (Lipinski definition) is 10. The summed E-state index contributed by atoms with van der Waals surface area (Å²) in [6, 6.07) is 20.4. The molecular formula is C39H55N9O5. The number of hydrogen-bond donors (Lipinski definition) is 6. The molecule has 4 atom stereocenters. The van der Waals surface area contributed by atoms with Crippen LogP contribution < -0.4 is 21.3 Å². The van der Waals surface area contributed by atoms with Gasteiger partial charge in [0.25, 0.3) is 5.91 Å². The molecule has 1 saturated heterocycles. The van der Waals surface area contributed by atoms with E-state index in [1.165, 1.54) is 10.9 Å². The quantitative estimate of drug-likeness (QED) is 0.0884. The van der Waals surface area contributed by atoms with E-state index in [-0.39, 0.29) is 18.5 Å². The second kappa shape index (κ2) is 18.9. The fourth-order valence-corrected chi connectivity index (χ4v) is 6.96. The fraction of sp³-hybridized carbons (Fsp3) is 0.513. The van der Waals surface area contributed by atoms with Gasteiger partial charge in [-0.3, -0.25) is 14.3 Å². The van der Waals surface area contributed by atoms with Crippen molar-refractivity contribution in [3.8, 4) is 0 Å². The Morgan fingerprint density at radius 2 is 1.57 bits per heavy atom. The first-order valence-electron chi connectivity index (χ1n) is 18.8. The third kappa shape index (κ3) is 9.87. The lowest BCUT2D eigenvalue weighted by atomic mass is 9.91. The van der Waals surface area contributed by atoms with E-state index < -0.39 is 30.4 Å². The van der Waals surface area contributed by atoms with Crippen LogP contribution in [0.5, 0.6) is 0 Å². The van der Waals surface area contributed by atoms with Crippen LogP contribution in [0.2, 0.25) is 0 Å². The van der Waals surface area contributed by atoms with Crippen molar-refractivity contribution in [2.24, 2.45) is 5.92 Å². The van der Waals surface area contributed by atoms with E-state index in [4.69, 9.17) is 14.7 Å². The number of anilines is 1. The molecule has 53 heavy (non-hydrogen) atoms. The number of urea groups is 1. The molecular weight excluding hydrogens is 674 g/mol. The van der Waals surface area contributed by atoms with Crippen molar-refractivity contribution in [3.05, 3.63) is 83.9 Å². The van der Waals surface area contributed by atoms with Crippen molar-refractivity contribution in [1.29, 1.82) is 0 Å². The molecule has 0 bridgehead atoms. The molecule has 0 spiro atoms. The minimum Gasteiger partial charge on any atom is -0.387 e. The van der Waals surface area contributed by atoms with E-state index >= 15 is 0 Å². The topological polar surface area (TPSA) is 179 Å². The SMILES string of the molecule is CCNC(=O)[C@H]1O[C@@H](n2cnc3c(NCC(c4ccccc4)c4ccccc4)nc(CNC(=O)NCCN(CC(C)C)C(CC)CC)nc32)[C@H](O)[C@@H]1O. The van der Waals surface area contributed by atoms with Gasteiger partial charge >= 0.3 is 6.03 Å². The maximum atomic E-state index is 13.0. The number of nitrogens with zero attached hydrogens (tertiary/aromatic N) is 5. The number of benzene rings is 2. The number of ether oxygens (including phenoxy) is 1. The summed E-state index contributed by atoms with van der Waals surface area (Å²) >= 11 is 0. The van der Waals surface area contributed by atoms with Gasteiger partial charge in [-0.1, -0.05) is 88.4 Å². The average molecular weight is 730 g/mol. The molecule has 14 nitrogen and oxygen atoms in total. The summed E-state index contributed by atoms with van der Waals surface area (Å²) in [5.74, 6) is 0.672. The summed E-state index contributed by atoms with van der Waals surface area (Å²) in [6.07, 6.45) is -1.79. The Labute approximate surface area is 311 Å². The predicted octanol–water partition coefficient (Wildman–Crippen LogP) is 3.77. The minimum atomic E-state index is -1.47. The average Bonchev–Trinajstić information content (AvgIpc) is 3.71. The minimum absolute atomic E-state index is 0.00290. The smallest absolute Gasteiger partial charge is 0.315 e. The lowest BCUT2D eigenvalue weighted by Gasteiger charge is -2.32. The molecule has 6 N–H and O–H groups in total. The molecule has 4 aromatic rings. The van der Waals surface area contributed by atoms with E-state index in [1.54, 1.807) is 6.92 Å². The molecule has 0 unspecified atom stereocenters. The zero-order valence-corrected chi connectivity index (χ0v) is 31.4. The van der Waals surface area contributed by atoms with Gasteiger partial charge in [-0.2, -0.15) is 0 Å². The number of fused-ring (bicyclic) bond motifs is 1. The summed E-state index contributed by atoms with van der Waals surface area (Å²) in [7, 11) is 0. The Morgan fingerprint density at radius 3 is 2.17 bits per heavy atom. The van der Waals surface area contributed by atoms with Crippen molar-refractivity contribution in [3.63, 3.8) is 0 Å². The van der Waals surface area contributed by atoms with E-state index in [1.807, 2.05) is 36.4 Å². The number of carbonyl (C=O) groups excluding carboxylic acids is 2. The van der Waals surface area contributed by atoms with Gasteiger partial charge in [-0.15, -0.1) is 0 Å². The number of imidazole rings is 1. The van der Waals surface area contributed by atoms with Gasteiger partial charge in [0, 0.05) is 44.7 Å². The van der Waals surface area contributed by atoms with E-state index in [0.717, 1.165) is 37.1 Å². The van der Waals surface area contributed by atoms with Crippen molar-refractivity contribution in [1.82, 2.24) is 40.4 Å². The maximum Gasteiger partial charge on any atom is 0.315 e. The molecule has 0 radical (unpaired) electrons. The van der Waals surface area contributed by atoms with Crippen molar-refractivity contribution in [2.75, 3.05) is 38.0 Å². The van der Waals surface area contributed by atoms with Crippen LogP contribution >= 0.6 is 0 Å². The molecule has 14 heteroatoms. The van der Waals surface area contributed by atoms with Crippen LogP contribution in [0.15, 0.2) is 67.0 Å².